The van der Waals surface area contributed by atoms with E-state index in [0.717, 1.165) is 0 Å². The van der Waals surface area contributed by atoms with Gasteiger partial charge in [0.05, 0.1) is 11.1 Å². The fraction of sp³-hybridized carbons (Fsp3) is 0. The number of carbonyl (C=O) groups excluding carboxylic acids is 1. The van der Waals surface area contributed by atoms with E-state index in [1.54, 1.807) is 24.3 Å². The van der Waals surface area contributed by atoms with Gasteiger partial charge in [0.25, 0.3) is 0 Å². The third-order valence-electron chi connectivity index (χ3n) is 3.02. The molecule has 3 rings (SSSR count). The standard InChI is InChI=1S/C16H12N2O3/c17-16(20)13-9-15(18-14-4-2-1-3-12(13)14)21-11-7-5-10(19)6-8-11/h1-9,19H,(H2,17,20). The van der Waals surface area contributed by atoms with Gasteiger partial charge in [0.15, 0.2) is 0 Å². The number of pyridine rings is 1. The number of nitrogens with zero attached hydrogens (tertiary/aromatic N) is 1. The molecule has 1 aromatic heterocycles. The topological polar surface area (TPSA) is 85.4 Å². The van der Waals surface area contributed by atoms with Crippen molar-refractivity contribution in [2.24, 2.45) is 5.73 Å². The molecule has 2 aromatic carbocycles. The Labute approximate surface area is 120 Å². The molecule has 0 unspecified atom stereocenters. The molecular formula is C16H12N2O3. The van der Waals surface area contributed by atoms with E-state index < -0.39 is 5.91 Å². The largest absolute Gasteiger partial charge is 0.508 e. The summed E-state index contributed by atoms with van der Waals surface area (Å²) >= 11 is 0. The van der Waals surface area contributed by atoms with Crippen LogP contribution in [0.15, 0.2) is 54.6 Å². The van der Waals surface area contributed by atoms with Gasteiger partial charge in [-0.05, 0) is 30.3 Å². The number of phenolic OH excluding ortho intramolecular Hbond substituents is 1. The lowest BCUT2D eigenvalue weighted by atomic mass is 10.1. The maximum absolute atomic E-state index is 11.6. The second-order valence-electron chi connectivity index (χ2n) is 4.49. The van der Waals surface area contributed by atoms with Crippen molar-refractivity contribution in [1.82, 2.24) is 4.98 Å². The lowest BCUT2D eigenvalue weighted by Gasteiger charge is -2.08. The fourth-order valence-corrected chi connectivity index (χ4v) is 2.04. The highest BCUT2D eigenvalue weighted by molar-refractivity contribution is 6.05. The minimum absolute atomic E-state index is 0.145. The predicted octanol–water partition coefficient (Wildman–Crippen LogP) is 2.83. The summed E-state index contributed by atoms with van der Waals surface area (Å²) < 4.78 is 5.60. The van der Waals surface area contributed by atoms with Crippen molar-refractivity contribution in [3.05, 3.63) is 60.2 Å². The third kappa shape index (κ3) is 2.62. The number of carbonyl (C=O) groups is 1. The Balaban J connectivity index is 2.06. The normalized spacial score (nSPS) is 10.5. The highest BCUT2D eigenvalue weighted by atomic mass is 16.5. The van der Waals surface area contributed by atoms with Crippen molar-refractivity contribution in [2.45, 2.75) is 0 Å². The molecule has 0 radical (unpaired) electrons. The highest BCUT2D eigenvalue weighted by Crippen LogP contribution is 2.26. The molecule has 3 aromatic rings. The summed E-state index contributed by atoms with van der Waals surface area (Å²) in [6.45, 7) is 0. The van der Waals surface area contributed by atoms with Crippen LogP contribution in [0, 0.1) is 0 Å². The summed E-state index contributed by atoms with van der Waals surface area (Å²) in [6, 6.07) is 14.9. The van der Waals surface area contributed by atoms with Crippen LogP contribution in [0.2, 0.25) is 0 Å². The van der Waals surface area contributed by atoms with Gasteiger partial charge in [0.2, 0.25) is 11.8 Å². The van der Waals surface area contributed by atoms with Gasteiger partial charge in [0.1, 0.15) is 11.5 Å². The summed E-state index contributed by atoms with van der Waals surface area (Å²) in [4.78, 5) is 15.9. The SMILES string of the molecule is NC(=O)c1cc(Oc2ccc(O)cc2)nc2ccccc12. The number of hydrogen-bond acceptors (Lipinski definition) is 4. The van der Waals surface area contributed by atoms with Crippen molar-refractivity contribution < 1.29 is 14.6 Å². The van der Waals surface area contributed by atoms with Crippen molar-refractivity contribution in [1.29, 1.82) is 0 Å². The highest BCUT2D eigenvalue weighted by Gasteiger charge is 2.11. The minimum Gasteiger partial charge on any atom is -0.508 e. The summed E-state index contributed by atoms with van der Waals surface area (Å²) in [5.41, 5.74) is 6.39. The number of ether oxygens (including phenoxy) is 1. The Kier molecular flexibility index (Phi) is 3.16. The maximum Gasteiger partial charge on any atom is 0.249 e. The molecule has 0 fully saturated rings. The van der Waals surface area contributed by atoms with E-state index in [2.05, 4.69) is 4.98 Å². The quantitative estimate of drug-likeness (QED) is 0.772. The van der Waals surface area contributed by atoms with Crippen LogP contribution in [0.4, 0.5) is 0 Å². The molecule has 0 bridgehead atoms. The molecule has 0 atom stereocenters. The van der Waals surface area contributed by atoms with Crippen molar-refractivity contribution in [2.75, 3.05) is 0 Å². The first-order valence-electron chi connectivity index (χ1n) is 6.30. The molecule has 0 spiro atoms. The Bertz CT molecular complexity index is 813. The third-order valence-corrected chi connectivity index (χ3v) is 3.02. The average Bonchev–Trinajstić information content (AvgIpc) is 2.48. The number of phenols is 1. The first-order chi connectivity index (χ1) is 10.1. The zero-order chi connectivity index (χ0) is 14.8. The van der Waals surface area contributed by atoms with Gasteiger partial charge < -0.3 is 15.6 Å². The Morgan fingerprint density at radius 1 is 1.10 bits per heavy atom. The summed E-state index contributed by atoms with van der Waals surface area (Å²) in [7, 11) is 0. The summed E-state index contributed by atoms with van der Waals surface area (Å²) in [5.74, 6) is 0.384. The van der Waals surface area contributed by atoms with Gasteiger partial charge in [-0.3, -0.25) is 4.79 Å². The van der Waals surface area contributed by atoms with Crippen LogP contribution >= 0.6 is 0 Å². The van der Waals surface area contributed by atoms with Gasteiger partial charge in [-0.15, -0.1) is 0 Å². The molecule has 1 heterocycles. The van der Waals surface area contributed by atoms with Crippen molar-refractivity contribution in [3.63, 3.8) is 0 Å². The molecule has 5 nitrogen and oxygen atoms in total. The predicted molar refractivity (Wildman–Crippen MR) is 78.4 cm³/mol. The number of para-hydroxylation sites is 1. The van der Waals surface area contributed by atoms with E-state index in [0.29, 0.717) is 22.2 Å². The van der Waals surface area contributed by atoms with Gasteiger partial charge in [-0.1, -0.05) is 18.2 Å². The van der Waals surface area contributed by atoms with Crippen LogP contribution in [0.5, 0.6) is 17.4 Å². The second kappa shape index (κ2) is 5.13. The van der Waals surface area contributed by atoms with E-state index in [4.69, 9.17) is 10.5 Å². The number of rotatable bonds is 3. The van der Waals surface area contributed by atoms with E-state index in [9.17, 15) is 9.90 Å². The van der Waals surface area contributed by atoms with E-state index >= 15 is 0 Å². The van der Waals surface area contributed by atoms with Crippen LogP contribution in [0.1, 0.15) is 10.4 Å². The zero-order valence-electron chi connectivity index (χ0n) is 11.0. The summed E-state index contributed by atoms with van der Waals surface area (Å²) in [5, 5.41) is 9.93. The number of amides is 1. The van der Waals surface area contributed by atoms with Gasteiger partial charge in [-0.25, -0.2) is 4.98 Å². The first kappa shape index (κ1) is 12.9. The van der Waals surface area contributed by atoms with Crippen LogP contribution in [0.25, 0.3) is 10.9 Å². The second-order valence-corrected chi connectivity index (χ2v) is 4.49. The Hall–Kier alpha value is -3.08. The monoisotopic (exact) mass is 280 g/mol. The molecule has 5 heteroatoms. The van der Waals surface area contributed by atoms with E-state index in [1.807, 2.05) is 12.1 Å². The van der Waals surface area contributed by atoms with Gasteiger partial charge in [0, 0.05) is 11.5 Å². The molecule has 21 heavy (non-hydrogen) atoms. The molecule has 0 aliphatic heterocycles. The number of aromatic nitrogens is 1. The maximum atomic E-state index is 11.6. The molecule has 1 amide bonds. The van der Waals surface area contributed by atoms with Crippen LogP contribution in [0.3, 0.4) is 0 Å². The first-order valence-corrected chi connectivity index (χ1v) is 6.30. The van der Waals surface area contributed by atoms with Gasteiger partial charge >= 0.3 is 0 Å². The summed E-state index contributed by atoms with van der Waals surface area (Å²) in [6.07, 6.45) is 0. The number of nitrogens with two attached hydrogens (primary N) is 1. The molecule has 104 valence electrons. The molecule has 0 aliphatic rings. The number of hydrogen-bond donors (Lipinski definition) is 2. The van der Waals surface area contributed by atoms with E-state index in [1.165, 1.54) is 18.2 Å². The van der Waals surface area contributed by atoms with Crippen LogP contribution in [-0.2, 0) is 0 Å². The number of primary amides is 1. The molecule has 3 N–H and O–H groups in total. The number of aromatic hydroxyl groups is 1. The van der Waals surface area contributed by atoms with Crippen molar-refractivity contribution in [3.8, 4) is 17.4 Å². The molecular weight excluding hydrogens is 268 g/mol. The Morgan fingerprint density at radius 3 is 2.52 bits per heavy atom. The van der Waals surface area contributed by atoms with Crippen LogP contribution < -0.4 is 10.5 Å². The lowest BCUT2D eigenvalue weighted by molar-refractivity contribution is 0.100. The van der Waals surface area contributed by atoms with E-state index in [-0.39, 0.29) is 11.6 Å². The Morgan fingerprint density at radius 2 is 1.81 bits per heavy atom. The number of benzene rings is 2. The average molecular weight is 280 g/mol. The number of fused-ring (bicyclic) bond motifs is 1. The minimum atomic E-state index is -0.538. The molecule has 0 saturated heterocycles. The smallest absolute Gasteiger partial charge is 0.249 e. The fourth-order valence-electron chi connectivity index (χ4n) is 2.04. The van der Waals surface area contributed by atoms with Gasteiger partial charge in [-0.2, -0.15) is 0 Å². The van der Waals surface area contributed by atoms with Crippen LogP contribution in [-0.4, -0.2) is 16.0 Å². The van der Waals surface area contributed by atoms with Crippen molar-refractivity contribution >= 4 is 16.8 Å². The lowest BCUT2D eigenvalue weighted by Crippen LogP contribution is -2.12. The zero-order valence-corrected chi connectivity index (χ0v) is 11.0. The molecule has 0 aliphatic carbocycles. The molecule has 0 saturated carbocycles.